The number of aromatic nitrogens is 1. The Balaban J connectivity index is 0.000000616. The predicted molar refractivity (Wildman–Crippen MR) is 141 cm³/mol. The number of alkyl halides is 3. The van der Waals surface area contributed by atoms with E-state index in [2.05, 4.69) is 4.98 Å². The van der Waals surface area contributed by atoms with Crippen molar-refractivity contribution in [3.63, 3.8) is 0 Å². The summed E-state index contributed by atoms with van der Waals surface area (Å²) in [6.07, 6.45) is -3.67. The SMILES string of the molecule is NCc1ccnc(S(=O)(=O)CC2CC(c3ccccc3F)CN2S(=O)(=O)N2CCS(=O)(=O)CC2)c1.O=C(O)C(F)(F)F. The van der Waals surface area contributed by atoms with Gasteiger partial charge < -0.3 is 10.8 Å². The molecule has 1 aromatic heterocycles. The Morgan fingerprint density at radius 3 is 2.24 bits per heavy atom. The van der Waals surface area contributed by atoms with Crippen LogP contribution in [0.3, 0.4) is 0 Å². The van der Waals surface area contributed by atoms with E-state index in [4.69, 9.17) is 15.6 Å². The second kappa shape index (κ2) is 12.9. The van der Waals surface area contributed by atoms with Crippen molar-refractivity contribution >= 4 is 35.9 Å². The highest BCUT2D eigenvalue weighted by Crippen LogP contribution is 2.37. The van der Waals surface area contributed by atoms with Crippen LogP contribution in [0.4, 0.5) is 17.6 Å². The first-order chi connectivity index (χ1) is 19.4. The average Bonchev–Trinajstić information content (AvgIpc) is 3.32. The summed E-state index contributed by atoms with van der Waals surface area (Å²) in [5, 5.41) is 6.91. The molecule has 1 aromatic carbocycles. The first-order valence-electron chi connectivity index (χ1n) is 12.3. The number of halogens is 4. The summed E-state index contributed by atoms with van der Waals surface area (Å²) >= 11 is 0. The molecular formula is C23H28F4N4O8S3. The fourth-order valence-corrected chi connectivity index (χ4v) is 9.43. The number of hydrogen-bond acceptors (Lipinski definition) is 9. The minimum Gasteiger partial charge on any atom is -0.475 e. The Morgan fingerprint density at radius 1 is 1.10 bits per heavy atom. The van der Waals surface area contributed by atoms with Crippen LogP contribution in [0, 0.1) is 5.82 Å². The van der Waals surface area contributed by atoms with Crippen molar-refractivity contribution in [2.45, 2.75) is 36.1 Å². The van der Waals surface area contributed by atoms with Crippen LogP contribution in [0.1, 0.15) is 23.5 Å². The Hall–Kier alpha value is -2.71. The quantitative estimate of drug-likeness (QED) is 0.405. The number of sulfone groups is 2. The molecule has 0 aliphatic carbocycles. The minimum atomic E-state index is -5.08. The lowest BCUT2D eigenvalue weighted by Gasteiger charge is -2.32. The molecule has 2 unspecified atom stereocenters. The summed E-state index contributed by atoms with van der Waals surface area (Å²) < 4.78 is 125. The van der Waals surface area contributed by atoms with Gasteiger partial charge in [0.2, 0.25) is 0 Å². The first kappa shape index (κ1) is 33.8. The van der Waals surface area contributed by atoms with Crippen LogP contribution in [0.25, 0.3) is 0 Å². The topological polar surface area (TPSA) is 185 Å². The molecule has 12 nitrogen and oxygen atoms in total. The maximum Gasteiger partial charge on any atom is 0.490 e. The second-order valence-corrected chi connectivity index (χ2v) is 15.7. The molecule has 42 heavy (non-hydrogen) atoms. The zero-order valence-corrected chi connectivity index (χ0v) is 24.3. The monoisotopic (exact) mass is 660 g/mol. The lowest BCUT2D eigenvalue weighted by molar-refractivity contribution is -0.192. The van der Waals surface area contributed by atoms with Crippen molar-refractivity contribution in [3.8, 4) is 0 Å². The number of aliphatic carboxylic acids is 1. The van der Waals surface area contributed by atoms with Gasteiger partial charge in [-0.25, -0.2) is 31.0 Å². The predicted octanol–water partition coefficient (Wildman–Crippen LogP) is 0.920. The van der Waals surface area contributed by atoms with E-state index >= 15 is 0 Å². The number of nitrogens with two attached hydrogens (primary N) is 1. The zero-order valence-electron chi connectivity index (χ0n) is 21.8. The van der Waals surface area contributed by atoms with Crippen LogP contribution in [-0.4, -0.2) is 99.0 Å². The summed E-state index contributed by atoms with van der Waals surface area (Å²) in [7, 11) is -11.6. The van der Waals surface area contributed by atoms with Crippen molar-refractivity contribution in [2.24, 2.45) is 5.73 Å². The summed E-state index contributed by atoms with van der Waals surface area (Å²) in [4.78, 5) is 12.8. The number of carboxylic acids is 1. The van der Waals surface area contributed by atoms with Gasteiger partial charge in [-0.3, -0.25) is 0 Å². The Labute approximate surface area is 240 Å². The number of nitrogens with zero attached hydrogens (tertiary/aromatic N) is 3. The lowest BCUT2D eigenvalue weighted by Crippen LogP contribution is -2.52. The van der Waals surface area contributed by atoms with Gasteiger partial charge in [-0.1, -0.05) is 18.2 Å². The molecule has 2 aliphatic rings. The molecule has 2 aliphatic heterocycles. The molecule has 2 saturated heterocycles. The van der Waals surface area contributed by atoms with Gasteiger partial charge in [0.25, 0.3) is 10.2 Å². The molecule has 2 fully saturated rings. The summed E-state index contributed by atoms with van der Waals surface area (Å²) in [6, 6.07) is 7.94. The molecule has 3 N–H and O–H groups in total. The van der Waals surface area contributed by atoms with E-state index in [0.29, 0.717) is 11.1 Å². The second-order valence-electron chi connectivity index (χ2n) is 9.53. The fourth-order valence-electron chi connectivity index (χ4n) is 4.51. The van der Waals surface area contributed by atoms with E-state index in [1.165, 1.54) is 24.4 Å². The van der Waals surface area contributed by atoms with E-state index in [-0.39, 0.29) is 49.1 Å². The van der Waals surface area contributed by atoms with E-state index in [1.54, 1.807) is 18.2 Å². The van der Waals surface area contributed by atoms with E-state index in [9.17, 15) is 42.8 Å². The van der Waals surface area contributed by atoms with Gasteiger partial charge in [0.15, 0.2) is 24.7 Å². The van der Waals surface area contributed by atoms with Crippen LogP contribution < -0.4 is 5.73 Å². The number of carbonyl (C=O) groups is 1. The zero-order chi connectivity index (χ0) is 31.5. The molecule has 0 amide bonds. The highest BCUT2D eigenvalue weighted by molar-refractivity contribution is 7.92. The Morgan fingerprint density at radius 2 is 1.69 bits per heavy atom. The molecule has 0 spiro atoms. The molecule has 4 rings (SSSR count). The normalized spacial score (nSPS) is 21.8. The molecule has 2 atom stereocenters. The third kappa shape index (κ3) is 8.22. The number of hydrogen-bond donors (Lipinski definition) is 2. The molecule has 3 heterocycles. The molecule has 234 valence electrons. The van der Waals surface area contributed by atoms with Crippen molar-refractivity contribution in [3.05, 3.63) is 59.5 Å². The van der Waals surface area contributed by atoms with E-state index in [0.717, 1.165) is 8.61 Å². The summed E-state index contributed by atoms with van der Waals surface area (Å²) in [6.45, 7) is -0.443. The maximum absolute atomic E-state index is 14.5. The largest absolute Gasteiger partial charge is 0.490 e. The molecule has 0 saturated carbocycles. The van der Waals surface area contributed by atoms with Crippen LogP contribution in [0.15, 0.2) is 47.6 Å². The Kier molecular flexibility index (Phi) is 10.4. The molecule has 19 heteroatoms. The van der Waals surface area contributed by atoms with Crippen molar-refractivity contribution in [1.29, 1.82) is 0 Å². The standard InChI is InChI=1S/C21H27FN4O6S3.C2HF3O2/c22-20-4-2-1-3-19(20)17-12-18(15-34(29,30)21-11-16(13-23)5-6-24-21)26(14-17)35(31,32)25-7-9-33(27,28)10-8-25;3-2(4,5)1(6)7/h1-6,11,17-18H,7-10,12-15,23H2;(H,6,7). The highest BCUT2D eigenvalue weighted by atomic mass is 32.2. The van der Waals surface area contributed by atoms with Gasteiger partial charge in [-0.2, -0.15) is 30.2 Å². The average molecular weight is 661 g/mol. The number of rotatable bonds is 7. The van der Waals surface area contributed by atoms with Crippen molar-refractivity contribution in [2.75, 3.05) is 36.9 Å². The fraction of sp³-hybridized carbons (Fsp3) is 0.478. The third-order valence-electron chi connectivity index (χ3n) is 6.64. The highest BCUT2D eigenvalue weighted by Gasteiger charge is 2.46. The van der Waals surface area contributed by atoms with Crippen LogP contribution in [-0.2, 0) is 41.2 Å². The third-order valence-corrected chi connectivity index (χ3v) is 12.0. The molecule has 2 aromatic rings. The number of pyridine rings is 1. The first-order valence-corrected chi connectivity index (χ1v) is 17.1. The van der Waals surface area contributed by atoms with Crippen LogP contribution >= 0.6 is 0 Å². The molecule has 0 radical (unpaired) electrons. The van der Waals surface area contributed by atoms with Crippen LogP contribution in [0.2, 0.25) is 0 Å². The number of benzene rings is 1. The van der Waals surface area contributed by atoms with Crippen molar-refractivity contribution in [1.82, 2.24) is 13.6 Å². The molecular weight excluding hydrogens is 632 g/mol. The van der Waals surface area contributed by atoms with Gasteiger partial charge in [-0.15, -0.1) is 0 Å². The van der Waals surface area contributed by atoms with E-state index in [1.807, 2.05) is 0 Å². The van der Waals surface area contributed by atoms with Gasteiger partial charge in [0.05, 0.1) is 17.3 Å². The maximum atomic E-state index is 14.5. The van der Waals surface area contributed by atoms with Gasteiger partial charge in [0, 0.05) is 44.3 Å². The minimum absolute atomic E-state index is 0.0854. The molecule has 0 bridgehead atoms. The van der Waals surface area contributed by atoms with Crippen molar-refractivity contribution < 1.29 is 52.7 Å². The summed E-state index contributed by atoms with van der Waals surface area (Å²) in [5.74, 6) is -4.99. The van der Waals surface area contributed by atoms with Crippen LogP contribution in [0.5, 0.6) is 0 Å². The summed E-state index contributed by atoms with van der Waals surface area (Å²) in [5.41, 5.74) is 6.48. The van der Waals surface area contributed by atoms with Gasteiger partial charge in [0.1, 0.15) is 5.82 Å². The smallest absolute Gasteiger partial charge is 0.475 e. The van der Waals surface area contributed by atoms with Gasteiger partial charge >= 0.3 is 12.1 Å². The Bertz CT molecular complexity index is 1610. The number of carboxylic acid groups (broad SMARTS) is 1. The lowest BCUT2D eigenvalue weighted by atomic mass is 9.96. The van der Waals surface area contributed by atoms with E-state index < -0.39 is 65.6 Å². The van der Waals surface area contributed by atoms with Gasteiger partial charge in [-0.05, 0) is 35.7 Å².